The SMILES string of the molecule is Cc1ccc(C(C)(C)c2ccc(Oc3ccc(S(=O)(=O)c4ccc(C(C)(C)C)cc4)cc3)cc2)cc1. The first kappa shape index (κ1) is 25.7. The number of hydrogen-bond donors (Lipinski definition) is 0. The molecular weight excluding hydrogens is 464 g/mol. The van der Waals surface area contributed by atoms with E-state index in [4.69, 9.17) is 4.74 Å². The zero-order valence-corrected chi connectivity index (χ0v) is 22.7. The molecule has 0 aliphatic carbocycles. The molecule has 4 rings (SSSR count). The van der Waals surface area contributed by atoms with Gasteiger partial charge in [0, 0.05) is 5.41 Å². The molecule has 0 bridgehead atoms. The molecule has 0 aliphatic rings. The van der Waals surface area contributed by atoms with E-state index in [9.17, 15) is 8.42 Å². The average molecular weight is 499 g/mol. The van der Waals surface area contributed by atoms with Crippen molar-refractivity contribution in [3.05, 3.63) is 119 Å². The highest BCUT2D eigenvalue weighted by Gasteiger charge is 2.23. The van der Waals surface area contributed by atoms with Gasteiger partial charge in [0.2, 0.25) is 9.84 Å². The Balaban J connectivity index is 1.48. The molecule has 0 N–H and O–H groups in total. The fourth-order valence-corrected chi connectivity index (χ4v) is 5.43. The van der Waals surface area contributed by atoms with Crippen molar-refractivity contribution in [1.82, 2.24) is 0 Å². The van der Waals surface area contributed by atoms with Gasteiger partial charge in [0.25, 0.3) is 0 Å². The molecule has 0 unspecified atom stereocenters. The Morgan fingerprint density at radius 2 is 0.889 bits per heavy atom. The Kier molecular flexibility index (Phi) is 6.85. The van der Waals surface area contributed by atoms with Gasteiger partial charge in [-0.3, -0.25) is 0 Å². The number of ether oxygens (including phenoxy) is 1. The zero-order chi connectivity index (χ0) is 26.1. The van der Waals surface area contributed by atoms with E-state index < -0.39 is 9.84 Å². The molecule has 0 atom stereocenters. The van der Waals surface area contributed by atoms with Gasteiger partial charge >= 0.3 is 0 Å². The van der Waals surface area contributed by atoms with E-state index in [1.807, 2.05) is 24.3 Å². The van der Waals surface area contributed by atoms with Gasteiger partial charge in [-0.25, -0.2) is 8.42 Å². The smallest absolute Gasteiger partial charge is 0.206 e. The largest absolute Gasteiger partial charge is 0.457 e. The van der Waals surface area contributed by atoms with Gasteiger partial charge in [-0.15, -0.1) is 0 Å². The molecule has 0 spiro atoms. The van der Waals surface area contributed by atoms with Crippen LogP contribution < -0.4 is 4.74 Å². The number of rotatable bonds is 6. The number of benzene rings is 4. The topological polar surface area (TPSA) is 43.4 Å². The molecule has 3 nitrogen and oxygen atoms in total. The van der Waals surface area contributed by atoms with Crippen LogP contribution in [0, 0.1) is 6.92 Å². The Morgan fingerprint density at radius 1 is 0.528 bits per heavy atom. The van der Waals surface area contributed by atoms with E-state index in [0.717, 1.165) is 5.56 Å². The molecule has 0 saturated carbocycles. The van der Waals surface area contributed by atoms with Gasteiger partial charge in [-0.1, -0.05) is 88.7 Å². The Morgan fingerprint density at radius 3 is 1.33 bits per heavy atom. The first-order valence-electron chi connectivity index (χ1n) is 12.2. The predicted molar refractivity (Wildman–Crippen MR) is 147 cm³/mol. The summed E-state index contributed by atoms with van der Waals surface area (Å²) in [5.41, 5.74) is 4.63. The average Bonchev–Trinajstić information content (AvgIpc) is 2.84. The minimum absolute atomic E-state index is 0.0318. The van der Waals surface area contributed by atoms with Crippen LogP contribution in [0.2, 0.25) is 0 Å². The van der Waals surface area contributed by atoms with E-state index in [0.29, 0.717) is 11.5 Å². The number of sulfone groups is 1. The second kappa shape index (κ2) is 9.59. The molecular formula is C32H34O3S. The minimum atomic E-state index is -3.60. The van der Waals surface area contributed by atoms with Crippen LogP contribution in [0.3, 0.4) is 0 Å². The third-order valence-electron chi connectivity index (χ3n) is 6.75. The second-order valence-electron chi connectivity index (χ2n) is 10.9. The molecule has 0 aromatic heterocycles. The van der Waals surface area contributed by atoms with Gasteiger partial charge in [0.15, 0.2) is 0 Å². The Hall–Kier alpha value is -3.37. The van der Waals surface area contributed by atoms with Crippen LogP contribution in [0.25, 0.3) is 0 Å². The predicted octanol–water partition coefficient (Wildman–Crippen LogP) is 8.24. The van der Waals surface area contributed by atoms with Crippen LogP contribution >= 0.6 is 0 Å². The lowest BCUT2D eigenvalue weighted by atomic mass is 9.78. The van der Waals surface area contributed by atoms with Crippen molar-refractivity contribution in [2.24, 2.45) is 0 Å². The quantitative estimate of drug-likeness (QED) is 0.269. The Labute approximate surface area is 215 Å². The third-order valence-corrected chi connectivity index (χ3v) is 8.54. The molecule has 0 fully saturated rings. The molecule has 4 aromatic rings. The van der Waals surface area contributed by atoms with Crippen LogP contribution in [0.15, 0.2) is 107 Å². The lowest BCUT2D eigenvalue weighted by Gasteiger charge is -2.26. The van der Waals surface area contributed by atoms with Crippen LogP contribution in [0.5, 0.6) is 11.5 Å². The van der Waals surface area contributed by atoms with Crippen molar-refractivity contribution >= 4 is 9.84 Å². The van der Waals surface area contributed by atoms with Crippen LogP contribution in [0.1, 0.15) is 56.9 Å². The third kappa shape index (κ3) is 5.39. The highest BCUT2D eigenvalue weighted by molar-refractivity contribution is 7.91. The van der Waals surface area contributed by atoms with Crippen LogP contribution in [-0.2, 0) is 20.7 Å². The van der Waals surface area contributed by atoms with Gasteiger partial charge < -0.3 is 4.74 Å². The molecule has 186 valence electrons. The van der Waals surface area contributed by atoms with Gasteiger partial charge in [-0.2, -0.15) is 0 Å². The van der Waals surface area contributed by atoms with Gasteiger partial charge in [-0.05, 0) is 77.6 Å². The summed E-state index contributed by atoms with van der Waals surface area (Å²) >= 11 is 0. The van der Waals surface area contributed by atoms with Crippen molar-refractivity contribution in [3.63, 3.8) is 0 Å². The summed E-state index contributed by atoms with van der Waals surface area (Å²) in [5.74, 6) is 1.29. The zero-order valence-electron chi connectivity index (χ0n) is 21.9. The van der Waals surface area contributed by atoms with Gasteiger partial charge in [0.05, 0.1) is 9.79 Å². The molecule has 0 saturated heterocycles. The molecule has 0 amide bonds. The maximum Gasteiger partial charge on any atom is 0.206 e. The van der Waals surface area contributed by atoms with Crippen molar-refractivity contribution in [3.8, 4) is 11.5 Å². The van der Waals surface area contributed by atoms with E-state index in [-0.39, 0.29) is 20.6 Å². The van der Waals surface area contributed by atoms with Crippen molar-refractivity contribution in [2.75, 3.05) is 0 Å². The second-order valence-corrected chi connectivity index (χ2v) is 12.8. The van der Waals surface area contributed by atoms with Crippen LogP contribution in [0.4, 0.5) is 0 Å². The molecule has 4 heteroatoms. The minimum Gasteiger partial charge on any atom is -0.457 e. The van der Waals surface area contributed by atoms with Gasteiger partial charge in [0.1, 0.15) is 11.5 Å². The highest BCUT2D eigenvalue weighted by Crippen LogP contribution is 2.34. The summed E-state index contributed by atoms with van der Waals surface area (Å²) in [6.07, 6.45) is 0. The first-order valence-corrected chi connectivity index (χ1v) is 13.7. The normalized spacial score (nSPS) is 12.4. The summed E-state index contributed by atoms with van der Waals surface area (Å²) in [6.45, 7) is 12.8. The monoisotopic (exact) mass is 498 g/mol. The van der Waals surface area contributed by atoms with E-state index in [1.165, 1.54) is 16.7 Å². The lowest BCUT2D eigenvalue weighted by molar-refractivity contribution is 0.481. The van der Waals surface area contributed by atoms with E-state index in [1.54, 1.807) is 36.4 Å². The number of aryl methyl sites for hydroxylation is 1. The van der Waals surface area contributed by atoms with Crippen molar-refractivity contribution in [2.45, 2.75) is 62.2 Å². The molecule has 0 aliphatic heterocycles. The summed E-state index contributed by atoms with van der Waals surface area (Å²) in [7, 11) is -3.60. The van der Waals surface area contributed by atoms with Crippen molar-refractivity contribution in [1.29, 1.82) is 0 Å². The maximum absolute atomic E-state index is 13.1. The molecule has 4 aromatic carbocycles. The van der Waals surface area contributed by atoms with E-state index >= 15 is 0 Å². The number of hydrogen-bond acceptors (Lipinski definition) is 3. The molecule has 36 heavy (non-hydrogen) atoms. The summed E-state index contributed by atoms with van der Waals surface area (Å²) in [6, 6.07) is 30.4. The summed E-state index contributed by atoms with van der Waals surface area (Å²) in [5, 5.41) is 0. The van der Waals surface area contributed by atoms with Crippen molar-refractivity contribution < 1.29 is 13.2 Å². The first-order chi connectivity index (χ1) is 16.9. The maximum atomic E-state index is 13.1. The fraction of sp³-hybridized carbons (Fsp3) is 0.250. The summed E-state index contributed by atoms with van der Waals surface area (Å²) in [4.78, 5) is 0.532. The molecule has 0 heterocycles. The molecule has 0 radical (unpaired) electrons. The standard InChI is InChI=1S/C32H34O3S/c1-23-7-9-25(10-8-23)32(5,6)26-11-15-27(16-12-26)35-28-17-21-30(22-18-28)36(33,34)29-19-13-24(14-20-29)31(2,3)4/h7-22H,1-6H3. The summed E-state index contributed by atoms with van der Waals surface area (Å²) < 4.78 is 32.2. The lowest BCUT2D eigenvalue weighted by Crippen LogP contribution is -2.18. The van der Waals surface area contributed by atoms with Crippen LogP contribution in [-0.4, -0.2) is 8.42 Å². The van der Waals surface area contributed by atoms with E-state index in [2.05, 4.69) is 77.9 Å². The Bertz CT molecular complexity index is 1420. The fourth-order valence-electron chi connectivity index (χ4n) is 4.17. The highest BCUT2D eigenvalue weighted by atomic mass is 32.2.